The van der Waals surface area contributed by atoms with Gasteiger partial charge in [0, 0.05) is 61.3 Å². The van der Waals surface area contributed by atoms with Crippen molar-refractivity contribution < 1.29 is 25.8 Å². The molecule has 5 aromatic carbocycles. The zero-order valence-electron chi connectivity index (χ0n) is 33.5. The maximum atomic E-state index is 6.59. The van der Waals surface area contributed by atoms with Crippen molar-refractivity contribution in [2.75, 3.05) is 9.80 Å². The Labute approximate surface area is 341 Å². The molecule has 0 spiro atoms. The van der Waals surface area contributed by atoms with Gasteiger partial charge in [0.2, 0.25) is 0 Å². The number of para-hydroxylation sites is 3. The molecule has 0 unspecified atom stereocenters. The molecule has 0 amide bonds. The quantitative estimate of drug-likeness (QED) is 0.161. The van der Waals surface area contributed by atoms with E-state index in [1.165, 1.54) is 27.9 Å². The third kappa shape index (κ3) is 7.09. The van der Waals surface area contributed by atoms with Gasteiger partial charge in [0.1, 0.15) is 5.82 Å². The minimum atomic E-state index is -0.0633. The number of benzene rings is 5. The van der Waals surface area contributed by atoms with Crippen molar-refractivity contribution >= 4 is 44.6 Å². The molecule has 0 radical (unpaired) electrons. The van der Waals surface area contributed by atoms with Crippen molar-refractivity contribution in [2.24, 2.45) is 0 Å². The maximum Gasteiger partial charge on any atom is 0.135 e. The van der Waals surface area contributed by atoms with Crippen LogP contribution in [0.25, 0.3) is 27.6 Å². The van der Waals surface area contributed by atoms with Gasteiger partial charge in [-0.3, -0.25) is 0 Å². The molecule has 0 aliphatic carbocycles. The summed E-state index contributed by atoms with van der Waals surface area (Å²) in [5.41, 5.74) is 11.4. The van der Waals surface area contributed by atoms with Gasteiger partial charge in [-0.1, -0.05) is 116 Å². The van der Waals surface area contributed by atoms with E-state index in [0.29, 0.717) is 11.5 Å². The van der Waals surface area contributed by atoms with Gasteiger partial charge in [0.05, 0.1) is 0 Å². The summed E-state index contributed by atoms with van der Waals surface area (Å²) in [7, 11) is 0. The number of hydrogen-bond acceptors (Lipinski definition) is 4. The molecule has 0 saturated heterocycles. The van der Waals surface area contributed by atoms with Crippen LogP contribution in [-0.2, 0) is 37.3 Å². The molecule has 0 saturated carbocycles. The molecule has 2 aromatic heterocycles. The van der Waals surface area contributed by atoms with E-state index in [1.807, 2.05) is 24.4 Å². The van der Waals surface area contributed by atoms with Gasteiger partial charge < -0.3 is 19.1 Å². The second-order valence-corrected chi connectivity index (χ2v) is 17.6. The summed E-state index contributed by atoms with van der Waals surface area (Å²) >= 11 is 0. The molecule has 6 heteroatoms. The number of anilines is 4. The standard InChI is InChI=1S/C49H49N4O.Pt/c1-32-26-39(48(5,6)7)46(40(27-32)49(8,9)10)52-31-51(42-20-13-14-21-43(42)52)34-16-15-17-35(29-34)54-36-22-23-38-37-18-11-12-19-41(37)53(44(38)30-36)45-28-33(24-25-50-45)47(2,3)4;/h11-28,31H,1-10H3;/q-3;. The monoisotopic (exact) mass is 904 g/mol. The molecule has 8 rings (SSSR count). The second-order valence-electron chi connectivity index (χ2n) is 17.6. The van der Waals surface area contributed by atoms with Crippen molar-refractivity contribution in [3.63, 3.8) is 0 Å². The fourth-order valence-electron chi connectivity index (χ4n) is 7.60. The number of rotatable bonds is 5. The number of hydrogen-bond donors (Lipinski definition) is 0. The molecular formula is C49H49N4OPt-3. The first-order valence-corrected chi connectivity index (χ1v) is 18.9. The van der Waals surface area contributed by atoms with Gasteiger partial charge in [0.15, 0.2) is 0 Å². The van der Waals surface area contributed by atoms with E-state index >= 15 is 0 Å². The summed E-state index contributed by atoms with van der Waals surface area (Å²) in [6.07, 6.45) is 1.90. The predicted molar refractivity (Wildman–Crippen MR) is 225 cm³/mol. The van der Waals surface area contributed by atoms with Gasteiger partial charge in [-0.05, 0) is 75.6 Å². The van der Waals surface area contributed by atoms with Crippen molar-refractivity contribution in [2.45, 2.75) is 85.5 Å². The SMILES string of the molecule is Cc1cc(C(C)(C)C)c(N2[CH-]N(c3[c-]c(Oc4[c-]c5c(cc4)c4ccccc4n5-c4cc(C(C)(C)C)ccn4)ccc3)c3ccccc32)c(C(C)(C)C)c1.[Pt]. The maximum absolute atomic E-state index is 6.59. The molecule has 0 bridgehead atoms. The van der Waals surface area contributed by atoms with Crippen LogP contribution in [-0.4, -0.2) is 9.55 Å². The smallest absolute Gasteiger partial charge is 0.135 e. The Morgan fingerprint density at radius 2 is 1.25 bits per heavy atom. The molecule has 55 heavy (non-hydrogen) atoms. The van der Waals surface area contributed by atoms with E-state index < -0.39 is 0 Å². The number of fused-ring (bicyclic) bond motifs is 4. The van der Waals surface area contributed by atoms with E-state index in [9.17, 15) is 0 Å². The van der Waals surface area contributed by atoms with Crippen LogP contribution in [0.15, 0.2) is 109 Å². The van der Waals surface area contributed by atoms with Crippen molar-refractivity contribution in [1.29, 1.82) is 0 Å². The number of ether oxygens (including phenoxy) is 1. The number of pyridine rings is 1. The zero-order chi connectivity index (χ0) is 38.2. The van der Waals surface area contributed by atoms with Crippen molar-refractivity contribution in [3.05, 3.63) is 150 Å². The van der Waals surface area contributed by atoms with E-state index in [4.69, 9.17) is 9.72 Å². The molecule has 7 aromatic rings. The first-order valence-electron chi connectivity index (χ1n) is 18.9. The Hall–Kier alpha value is -4.86. The van der Waals surface area contributed by atoms with Gasteiger partial charge >= 0.3 is 0 Å². The van der Waals surface area contributed by atoms with Gasteiger partial charge in [-0.25, -0.2) is 4.98 Å². The molecule has 0 N–H and O–H groups in total. The largest absolute Gasteiger partial charge is 0.509 e. The van der Waals surface area contributed by atoms with Crippen LogP contribution in [0.1, 0.15) is 84.6 Å². The Kier molecular flexibility index (Phi) is 9.79. The van der Waals surface area contributed by atoms with Crippen LogP contribution in [0.2, 0.25) is 0 Å². The van der Waals surface area contributed by atoms with Crippen LogP contribution < -0.4 is 14.5 Å². The molecule has 1 aliphatic heterocycles. The van der Waals surface area contributed by atoms with Crippen LogP contribution in [0.3, 0.4) is 0 Å². The van der Waals surface area contributed by atoms with Gasteiger partial charge in [-0.15, -0.1) is 48.1 Å². The van der Waals surface area contributed by atoms with Crippen molar-refractivity contribution in [3.8, 4) is 17.3 Å². The van der Waals surface area contributed by atoms with E-state index in [-0.39, 0.29) is 37.3 Å². The summed E-state index contributed by atoms with van der Waals surface area (Å²) in [5.74, 6) is 2.09. The number of aryl methyl sites for hydroxylation is 1. The van der Waals surface area contributed by atoms with E-state index in [1.54, 1.807) is 0 Å². The number of nitrogens with zero attached hydrogens (tertiary/aromatic N) is 4. The van der Waals surface area contributed by atoms with E-state index in [0.717, 1.165) is 44.7 Å². The third-order valence-electron chi connectivity index (χ3n) is 10.4. The average molecular weight is 905 g/mol. The summed E-state index contributed by atoms with van der Waals surface area (Å²) in [6, 6.07) is 43.5. The molecule has 284 valence electrons. The van der Waals surface area contributed by atoms with Crippen LogP contribution in [0.4, 0.5) is 22.7 Å². The van der Waals surface area contributed by atoms with E-state index in [2.05, 4.69) is 187 Å². The summed E-state index contributed by atoms with van der Waals surface area (Å²) in [6.45, 7) is 24.9. The minimum Gasteiger partial charge on any atom is -0.509 e. The summed E-state index contributed by atoms with van der Waals surface area (Å²) in [5, 5.41) is 2.25. The first kappa shape index (κ1) is 38.4. The van der Waals surface area contributed by atoms with Crippen LogP contribution in [0.5, 0.6) is 11.5 Å². The summed E-state index contributed by atoms with van der Waals surface area (Å²) < 4.78 is 8.79. The Morgan fingerprint density at radius 3 is 1.93 bits per heavy atom. The predicted octanol–water partition coefficient (Wildman–Crippen LogP) is 13.2. The second kappa shape index (κ2) is 14.0. The van der Waals surface area contributed by atoms with Crippen molar-refractivity contribution in [1.82, 2.24) is 9.55 Å². The normalized spacial score (nSPS) is 13.3. The Balaban J connectivity index is 0.00000465. The number of aromatic nitrogens is 2. The van der Waals surface area contributed by atoms with Crippen LogP contribution in [0, 0.1) is 25.7 Å². The third-order valence-corrected chi connectivity index (χ3v) is 10.4. The molecule has 0 fully saturated rings. The molecule has 1 aliphatic rings. The Bertz CT molecular complexity index is 2510. The molecule has 3 heterocycles. The molecule has 5 nitrogen and oxygen atoms in total. The molecular weight excluding hydrogens is 856 g/mol. The minimum absolute atomic E-state index is 0. The Morgan fingerprint density at radius 1 is 0.618 bits per heavy atom. The average Bonchev–Trinajstić information content (AvgIpc) is 3.66. The van der Waals surface area contributed by atoms with Gasteiger partial charge in [0.25, 0.3) is 0 Å². The molecule has 0 atom stereocenters. The fraction of sp³-hybridized carbons (Fsp3) is 0.265. The van der Waals surface area contributed by atoms with Gasteiger partial charge in [-0.2, -0.15) is 12.1 Å². The fourth-order valence-corrected chi connectivity index (χ4v) is 7.60. The van der Waals surface area contributed by atoms with Crippen LogP contribution >= 0.6 is 0 Å². The topological polar surface area (TPSA) is 33.5 Å². The first-order chi connectivity index (χ1) is 25.6. The zero-order valence-corrected chi connectivity index (χ0v) is 35.8. The summed E-state index contributed by atoms with van der Waals surface area (Å²) in [4.78, 5) is 9.43.